The third-order valence-electron chi connectivity index (χ3n) is 5.31. The van der Waals surface area contributed by atoms with E-state index >= 15 is 0 Å². The van der Waals surface area contributed by atoms with Crippen LogP contribution < -0.4 is 0 Å². The van der Waals surface area contributed by atoms with Gasteiger partial charge in [-0.2, -0.15) is 0 Å². The highest BCUT2D eigenvalue weighted by molar-refractivity contribution is 6.24. The number of carbonyl (C=O) groups is 2. The van der Waals surface area contributed by atoms with Crippen LogP contribution in [0.1, 0.15) is 38.3 Å². The van der Waals surface area contributed by atoms with E-state index in [9.17, 15) is 9.59 Å². The minimum atomic E-state index is -0.770. The molecule has 1 aliphatic carbocycles. The third-order valence-corrected chi connectivity index (χ3v) is 5.31. The quantitative estimate of drug-likeness (QED) is 0.471. The Balaban J connectivity index is 1.57. The fourth-order valence-electron chi connectivity index (χ4n) is 3.98. The van der Waals surface area contributed by atoms with Crippen molar-refractivity contribution >= 4 is 17.8 Å². The van der Waals surface area contributed by atoms with Crippen LogP contribution in [0.5, 0.6) is 0 Å². The monoisotopic (exact) mass is 422 g/mol. The highest BCUT2D eigenvalue weighted by atomic mass is 16.6. The lowest BCUT2D eigenvalue weighted by atomic mass is 10.1. The number of hydrogen-bond acceptors (Lipinski definition) is 6. The van der Waals surface area contributed by atoms with Gasteiger partial charge in [0, 0.05) is 17.5 Å². The Labute approximate surface area is 181 Å². The zero-order valence-corrected chi connectivity index (χ0v) is 18.1. The van der Waals surface area contributed by atoms with Crippen LogP contribution in [0.2, 0.25) is 0 Å². The van der Waals surface area contributed by atoms with E-state index < -0.39 is 29.8 Å². The van der Waals surface area contributed by atoms with Crippen LogP contribution in [0.25, 0.3) is 11.1 Å². The van der Waals surface area contributed by atoms with Gasteiger partial charge in [0.05, 0.1) is 13.7 Å². The summed E-state index contributed by atoms with van der Waals surface area (Å²) in [5, 5.41) is 4.46. The molecule has 0 radical (unpaired) electrons. The lowest BCUT2D eigenvalue weighted by Crippen LogP contribution is -2.44. The average molecular weight is 422 g/mol. The van der Waals surface area contributed by atoms with E-state index in [1.165, 1.54) is 12.0 Å². The molecule has 2 aromatic rings. The Morgan fingerprint density at radius 2 is 1.52 bits per heavy atom. The number of nitrogens with zero attached hydrogens (tertiary/aromatic N) is 2. The Morgan fingerprint density at radius 3 is 2.03 bits per heavy atom. The summed E-state index contributed by atoms with van der Waals surface area (Å²) in [5.74, 6) is -0.499. The summed E-state index contributed by atoms with van der Waals surface area (Å²) >= 11 is 0. The highest BCUT2D eigenvalue weighted by Crippen LogP contribution is 2.37. The summed E-state index contributed by atoms with van der Waals surface area (Å²) in [6, 6.07) is 15.3. The molecular formula is C24H26N2O5. The van der Waals surface area contributed by atoms with Gasteiger partial charge in [-0.1, -0.05) is 53.7 Å². The number of oxime groups is 1. The Bertz CT molecular complexity index is 993. The van der Waals surface area contributed by atoms with Crippen molar-refractivity contribution in [3.63, 3.8) is 0 Å². The Kier molecular flexibility index (Phi) is 5.43. The summed E-state index contributed by atoms with van der Waals surface area (Å²) in [5.41, 5.74) is 4.28. The van der Waals surface area contributed by atoms with Crippen molar-refractivity contribution in [1.29, 1.82) is 0 Å². The molecule has 0 N–H and O–H groups in total. The van der Waals surface area contributed by atoms with Crippen LogP contribution in [0, 0.1) is 0 Å². The van der Waals surface area contributed by atoms with Crippen molar-refractivity contribution in [2.45, 2.75) is 44.9 Å². The maximum absolute atomic E-state index is 12.6. The van der Waals surface area contributed by atoms with Crippen molar-refractivity contribution in [2.75, 3.05) is 13.7 Å². The lowest BCUT2D eigenvalue weighted by molar-refractivity contribution is -0.145. The molecule has 1 heterocycles. The van der Waals surface area contributed by atoms with Gasteiger partial charge in [0.15, 0.2) is 0 Å². The molecule has 1 aliphatic heterocycles. The van der Waals surface area contributed by atoms with Gasteiger partial charge < -0.3 is 14.3 Å². The van der Waals surface area contributed by atoms with Crippen molar-refractivity contribution in [2.24, 2.45) is 5.16 Å². The summed E-state index contributed by atoms with van der Waals surface area (Å²) in [4.78, 5) is 32.1. The minimum Gasteiger partial charge on any atom is -0.467 e. The number of esters is 1. The fourth-order valence-corrected chi connectivity index (χ4v) is 3.98. The summed E-state index contributed by atoms with van der Waals surface area (Å²) in [7, 11) is 1.30. The molecule has 0 aromatic heterocycles. The lowest BCUT2D eigenvalue weighted by Gasteiger charge is -2.27. The molecule has 162 valence electrons. The van der Waals surface area contributed by atoms with E-state index in [-0.39, 0.29) is 13.0 Å². The van der Waals surface area contributed by atoms with E-state index in [0.717, 1.165) is 28.0 Å². The molecule has 2 aliphatic rings. The number of ether oxygens (including phenoxy) is 2. The fraction of sp³-hybridized carbons (Fsp3) is 0.375. The zero-order valence-electron chi connectivity index (χ0n) is 18.1. The average Bonchev–Trinajstić information content (AvgIpc) is 3.30. The number of hydrogen-bond donors (Lipinski definition) is 0. The molecule has 7 nitrogen and oxygen atoms in total. The second kappa shape index (κ2) is 8.06. The smallest absolute Gasteiger partial charge is 0.411 e. The molecule has 1 saturated heterocycles. The molecule has 1 amide bonds. The zero-order chi connectivity index (χ0) is 22.2. The highest BCUT2D eigenvalue weighted by Gasteiger charge is 2.43. The van der Waals surface area contributed by atoms with E-state index in [1.54, 1.807) is 20.8 Å². The van der Waals surface area contributed by atoms with Gasteiger partial charge in [0.25, 0.3) is 0 Å². The van der Waals surface area contributed by atoms with Gasteiger partial charge in [-0.3, -0.25) is 4.90 Å². The van der Waals surface area contributed by atoms with Crippen LogP contribution in [-0.2, 0) is 19.1 Å². The first-order valence-corrected chi connectivity index (χ1v) is 10.3. The van der Waals surface area contributed by atoms with Crippen molar-refractivity contribution in [3.8, 4) is 11.1 Å². The number of rotatable bonds is 3. The van der Waals surface area contributed by atoms with Gasteiger partial charge in [-0.05, 0) is 31.9 Å². The van der Waals surface area contributed by atoms with Crippen LogP contribution in [0.3, 0.4) is 0 Å². The van der Waals surface area contributed by atoms with Crippen LogP contribution >= 0.6 is 0 Å². The van der Waals surface area contributed by atoms with Crippen molar-refractivity contribution in [1.82, 2.24) is 4.90 Å². The standard InChI is InChI=1S/C24H26N2O5/c1-24(2,3)30-23(28)26-14-15(13-20(26)22(27)29-4)31-25-21-18-11-7-5-9-16(18)17-10-6-8-12-19(17)21/h5-12,15,20H,13-14H2,1-4H3/t15-,20+/m1/s1. The Morgan fingerprint density at radius 1 is 0.968 bits per heavy atom. The molecular weight excluding hydrogens is 396 g/mol. The maximum Gasteiger partial charge on any atom is 0.411 e. The number of carbonyl (C=O) groups excluding carboxylic acids is 2. The number of benzene rings is 2. The second-order valence-electron chi connectivity index (χ2n) is 8.67. The summed E-state index contributed by atoms with van der Waals surface area (Å²) in [6.07, 6.45) is -0.742. The minimum absolute atomic E-state index is 0.189. The topological polar surface area (TPSA) is 77.4 Å². The maximum atomic E-state index is 12.6. The largest absolute Gasteiger partial charge is 0.467 e. The molecule has 0 spiro atoms. The molecule has 0 saturated carbocycles. The third kappa shape index (κ3) is 4.13. The molecule has 31 heavy (non-hydrogen) atoms. The predicted octanol–water partition coefficient (Wildman–Crippen LogP) is 3.99. The van der Waals surface area contributed by atoms with Crippen molar-refractivity contribution < 1.29 is 23.9 Å². The van der Waals surface area contributed by atoms with Crippen LogP contribution in [-0.4, -0.2) is 54.1 Å². The second-order valence-corrected chi connectivity index (χ2v) is 8.67. The Hall–Kier alpha value is -3.35. The molecule has 1 fully saturated rings. The first kappa shape index (κ1) is 20.9. The molecule has 2 atom stereocenters. The first-order valence-electron chi connectivity index (χ1n) is 10.3. The van der Waals surface area contributed by atoms with E-state index in [1.807, 2.05) is 36.4 Å². The van der Waals surface area contributed by atoms with Gasteiger partial charge in [0.2, 0.25) is 0 Å². The summed E-state index contributed by atoms with van der Waals surface area (Å²) in [6.45, 7) is 5.53. The normalized spacial score (nSPS) is 19.5. The molecule has 7 heteroatoms. The molecule has 0 bridgehead atoms. The van der Waals surface area contributed by atoms with Gasteiger partial charge in [0.1, 0.15) is 23.5 Å². The molecule has 4 rings (SSSR count). The first-order chi connectivity index (χ1) is 14.8. The SMILES string of the molecule is COC(=O)[C@@H]1C[C@@H](ON=C2c3ccccc3-c3ccccc32)CN1C(=O)OC(C)(C)C. The number of likely N-dealkylation sites (tertiary alicyclic amines) is 1. The molecule has 2 aromatic carbocycles. The van der Waals surface area contributed by atoms with Gasteiger partial charge in [-0.15, -0.1) is 0 Å². The van der Waals surface area contributed by atoms with E-state index in [4.69, 9.17) is 14.3 Å². The van der Waals surface area contributed by atoms with Crippen LogP contribution in [0.15, 0.2) is 53.7 Å². The van der Waals surface area contributed by atoms with E-state index in [2.05, 4.69) is 17.3 Å². The predicted molar refractivity (Wildman–Crippen MR) is 116 cm³/mol. The summed E-state index contributed by atoms with van der Waals surface area (Å²) < 4.78 is 10.3. The van der Waals surface area contributed by atoms with Crippen LogP contribution in [0.4, 0.5) is 4.79 Å². The van der Waals surface area contributed by atoms with E-state index in [0.29, 0.717) is 0 Å². The number of fused-ring (bicyclic) bond motifs is 3. The number of methoxy groups -OCH3 is 1. The molecule has 0 unspecified atom stereocenters. The van der Waals surface area contributed by atoms with Crippen molar-refractivity contribution in [3.05, 3.63) is 59.7 Å². The number of amides is 1. The van der Waals surface area contributed by atoms with Gasteiger partial charge in [-0.25, -0.2) is 9.59 Å². The van der Waals surface area contributed by atoms with Gasteiger partial charge >= 0.3 is 12.1 Å².